The van der Waals surface area contributed by atoms with Crippen molar-refractivity contribution in [1.29, 1.82) is 0 Å². The fourth-order valence-corrected chi connectivity index (χ4v) is 3.67. The largest absolute Gasteiger partial charge is 0.493 e. The van der Waals surface area contributed by atoms with Crippen LogP contribution in [0, 0.1) is 10.1 Å². The predicted molar refractivity (Wildman–Crippen MR) is 107 cm³/mol. The van der Waals surface area contributed by atoms with E-state index in [0.717, 1.165) is 36.6 Å². The van der Waals surface area contributed by atoms with Crippen molar-refractivity contribution in [2.24, 2.45) is 0 Å². The van der Waals surface area contributed by atoms with E-state index in [1.54, 1.807) is 26.4 Å². The molecule has 0 fully saturated rings. The standard InChI is InChI=1S/C20H24N2O4.ClH/c1-14-17-13-20(26-3)19(25-2)12-16(17)9-11-21(14)10-8-15-6-4-5-7-18(15)22(23)24;/h4-7,12-14H,8-11H2,1-3H3;1H. The molecule has 2 aromatic carbocycles. The second-order valence-electron chi connectivity index (χ2n) is 6.50. The van der Waals surface area contributed by atoms with Gasteiger partial charge in [-0.3, -0.25) is 15.0 Å². The van der Waals surface area contributed by atoms with Crippen molar-refractivity contribution >= 4 is 18.1 Å². The first-order valence-corrected chi connectivity index (χ1v) is 8.76. The lowest BCUT2D eigenvalue weighted by atomic mass is 9.92. The number of nitro benzene ring substituents is 1. The molecular weight excluding hydrogens is 368 g/mol. The number of ether oxygens (including phenoxy) is 2. The zero-order chi connectivity index (χ0) is 18.7. The molecule has 3 rings (SSSR count). The van der Waals surface area contributed by atoms with Crippen LogP contribution in [0.2, 0.25) is 0 Å². The lowest BCUT2D eigenvalue weighted by Gasteiger charge is -2.35. The molecule has 1 atom stereocenters. The molecule has 1 aliphatic rings. The number of fused-ring (bicyclic) bond motifs is 1. The normalized spacial score (nSPS) is 16.2. The zero-order valence-electron chi connectivity index (χ0n) is 15.8. The van der Waals surface area contributed by atoms with Gasteiger partial charge in [-0.1, -0.05) is 18.2 Å². The van der Waals surface area contributed by atoms with Crippen LogP contribution < -0.4 is 9.47 Å². The smallest absolute Gasteiger partial charge is 0.272 e. The average molecular weight is 393 g/mol. The van der Waals surface area contributed by atoms with Gasteiger partial charge in [-0.2, -0.15) is 0 Å². The van der Waals surface area contributed by atoms with Crippen molar-refractivity contribution in [3.8, 4) is 11.5 Å². The number of rotatable bonds is 6. The number of halogens is 1. The number of nitro groups is 1. The highest BCUT2D eigenvalue weighted by Crippen LogP contribution is 2.38. The highest BCUT2D eigenvalue weighted by atomic mass is 35.5. The van der Waals surface area contributed by atoms with Crippen LogP contribution in [-0.2, 0) is 12.8 Å². The number of methoxy groups -OCH3 is 2. The quantitative estimate of drug-likeness (QED) is 0.544. The number of hydrogen-bond donors (Lipinski definition) is 0. The molecule has 7 heteroatoms. The summed E-state index contributed by atoms with van der Waals surface area (Å²) in [5.41, 5.74) is 3.49. The van der Waals surface area contributed by atoms with E-state index in [9.17, 15) is 10.1 Å². The topological polar surface area (TPSA) is 64.8 Å². The Labute approximate surface area is 165 Å². The third kappa shape index (κ3) is 4.34. The van der Waals surface area contributed by atoms with E-state index in [1.165, 1.54) is 11.1 Å². The van der Waals surface area contributed by atoms with Crippen molar-refractivity contribution in [3.63, 3.8) is 0 Å². The van der Waals surface area contributed by atoms with Crippen LogP contribution in [0.15, 0.2) is 36.4 Å². The summed E-state index contributed by atoms with van der Waals surface area (Å²) in [7, 11) is 3.29. The fraction of sp³-hybridized carbons (Fsp3) is 0.400. The van der Waals surface area contributed by atoms with Gasteiger partial charge in [0.05, 0.1) is 19.1 Å². The van der Waals surface area contributed by atoms with E-state index in [0.29, 0.717) is 6.42 Å². The molecule has 0 spiro atoms. The average Bonchev–Trinajstić information content (AvgIpc) is 2.66. The summed E-state index contributed by atoms with van der Waals surface area (Å²) in [6.07, 6.45) is 1.58. The highest BCUT2D eigenvalue weighted by molar-refractivity contribution is 5.85. The molecule has 6 nitrogen and oxygen atoms in total. The van der Waals surface area contributed by atoms with Crippen molar-refractivity contribution in [2.75, 3.05) is 27.3 Å². The van der Waals surface area contributed by atoms with E-state index in [-0.39, 0.29) is 29.1 Å². The van der Waals surface area contributed by atoms with Gasteiger partial charge < -0.3 is 9.47 Å². The molecule has 0 radical (unpaired) electrons. The molecule has 27 heavy (non-hydrogen) atoms. The molecule has 0 amide bonds. The van der Waals surface area contributed by atoms with Crippen molar-refractivity contribution in [1.82, 2.24) is 4.90 Å². The Kier molecular flexibility index (Phi) is 7.05. The minimum atomic E-state index is -0.304. The summed E-state index contributed by atoms with van der Waals surface area (Å²) in [5, 5.41) is 11.2. The molecule has 0 aromatic heterocycles. The van der Waals surface area contributed by atoms with Crippen LogP contribution in [-0.4, -0.2) is 37.1 Å². The fourth-order valence-electron chi connectivity index (χ4n) is 3.67. The second-order valence-corrected chi connectivity index (χ2v) is 6.50. The molecule has 1 aliphatic heterocycles. The molecule has 1 heterocycles. The van der Waals surface area contributed by atoms with E-state index in [1.807, 2.05) is 12.1 Å². The SMILES string of the molecule is COc1cc2c(cc1OC)C(C)N(CCc1ccccc1[N+](=O)[O-])CC2.Cl. The van der Waals surface area contributed by atoms with Crippen LogP contribution in [0.1, 0.15) is 29.7 Å². The maximum Gasteiger partial charge on any atom is 0.272 e. The number of benzene rings is 2. The molecule has 0 N–H and O–H groups in total. The van der Waals surface area contributed by atoms with Crippen LogP contribution in [0.4, 0.5) is 5.69 Å². The van der Waals surface area contributed by atoms with Crippen LogP contribution in [0.25, 0.3) is 0 Å². The lowest BCUT2D eigenvalue weighted by Crippen LogP contribution is -2.35. The Balaban J connectivity index is 0.00000261. The summed E-state index contributed by atoms with van der Waals surface area (Å²) in [5.74, 6) is 1.49. The Morgan fingerprint density at radius 3 is 2.52 bits per heavy atom. The molecule has 2 aromatic rings. The Morgan fingerprint density at radius 1 is 1.19 bits per heavy atom. The third-order valence-electron chi connectivity index (χ3n) is 5.17. The molecule has 0 saturated carbocycles. The molecule has 0 bridgehead atoms. The molecule has 146 valence electrons. The maximum atomic E-state index is 11.2. The Morgan fingerprint density at radius 2 is 1.85 bits per heavy atom. The van der Waals surface area contributed by atoms with Gasteiger partial charge in [-0.05, 0) is 43.0 Å². The van der Waals surface area contributed by atoms with Gasteiger partial charge in [0.25, 0.3) is 5.69 Å². The van der Waals surface area contributed by atoms with Gasteiger partial charge in [0.1, 0.15) is 0 Å². The Hall–Kier alpha value is -2.31. The molecule has 0 aliphatic carbocycles. The number of nitrogens with zero attached hydrogens (tertiary/aromatic N) is 2. The van der Waals surface area contributed by atoms with E-state index in [4.69, 9.17) is 9.47 Å². The molecule has 1 unspecified atom stereocenters. The van der Waals surface area contributed by atoms with Gasteiger partial charge in [-0.25, -0.2) is 0 Å². The first-order valence-electron chi connectivity index (χ1n) is 8.76. The summed E-state index contributed by atoms with van der Waals surface area (Å²) in [4.78, 5) is 13.3. The minimum absolute atomic E-state index is 0. The van der Waals surface area contributed by atoms with E-state index < -0.39 is 0 Å². The summed E-state index contributed by atoms with van der Waals surface area (Å²) >= 11 is 0. The summed E-state index contributed by atoms with van der Waals surface area (Å²) in [6, 6.07) is 11.3. The monoisotopic (exact) mass is 392 g/mol. The summed E-state index contributed by atoms with van der Waals surface area (Å²) in [6.45, 7) is 3.87. The number of hydrogen-bond acceptors (Lipinski definition) is 5. The van der Waals surface area contributed by atoms with Crippen LogP contribution in [0.3, 0.4) is 0 Å². The Bertz CT molecular complexity index is 813. The van der Waals surface area contributed by atoms with Crippen molar-refractivity contribution in [3.05, 3.63) is 63.2 Å². The van der Waals surface area contributed by atoms with Crippen LogP contribution >= 0.6 is 12.4 Å². The van der Waals surface area contributed by atoms with Crippen molar-refractivity contribution < 1.29 is 14.4 Å². The van der Waals surface area contributed by atoms with E-state index >= 15 is 0 Å². The number of para-hydroxylation sites is 1. The first kappa shape index (κ1) is 21.0. The third-order valence-corrected chi connectivity index (χ3v) is 5.17. The molecule has 0 saturated heterocycles. The van der Waals surface area contributed by atoms with Gasteiger partial charge in [-0.15, -0.1) is 12.4 Å². The van der Waals surface area contributed by atoms with Crippen molar-refractivity contribution in [2.45, 2.75) is 25.8 Å². The minimum Gasteiger partial charge on any atom is -0.493 e. The molecular formula is C20H25ClN2O4. The van der Waals surface area contributed by atoms with E-state index in [2.05, 4.69) is 24.0 Å². The second kappa shape index (κ2) is 9.06. The van der Waals surface area contributed by atoms with Gasteiger partial charge in [0.2, 0.25) is 0 Å². The first-order chi connectivity index (χ1) is 12.5. The highest BCUT2D eigenvalue weighted by Gasteiger charge is 2.26. The zero-order valence-corrected chi connectivity index (χ0v) is 16.6. The summed E-state index contributed by atoms with van der Waals surface area (Å²) < 4.78 is 10.8. The van der Waals surface area contributed by atoms with Gasteiger partial charge in [0, 0.05) is 30.8 Å². The van der Waals surface area contributed by atoms with Gasteiger partial charge >= 0.3 is 0 Å². The maximum absolute atomic E-state index is 11.2. The van der Waals surface area contributed by atoms with Crippen LogP contribution in [0.5, 0.6) is 11.5 Å². The lowest BCUT2D eigenvalue weighted by molar-refractivity contribution is -0.385. The predicted octanol–water partition coefficient (Wildman–Crippen LogP) is 4.20. The van der Waals surface area contributed by atoms with Gasteiger partial charge in [0.15, 0.2) is 11.5 Å².